The highest BCUT2D eigenvalue weighted by molar-refractivity contribution is 9.10. The van der Waals surface area contributed by atoms with E-state index in [0.29, 0.717) is 26.1 Å². The molecule has 1 aromatic carbocycles. The van der Waals surface area contributed by atoms with Gasteiger partial charge >= 0.3 is 5.97 Å². The van der Waals surface area contributed by atoms with Crippen LogP contribution in [0.3, 0.4) is 0 Å². The number of carboxylic acids is 1. The lowest BCUT2D eigenvalue weighted by Crippen LogP contribution is -2.26. The van der Waals surface area contributed by atoms with Crippen LogP contribution in [0.4, 0.5) is 0 Å². The van der Waals surface area contributed by atoms with E-state index in [4.69, 9.17) is 14.6 Å². The molecule has 20 heavy (non-hydrogen) atoms. The van der Waals surface area contributed by atoms with E-state index in [0.717, 1.165) is 21.5 Å². The zero-order chi connectivity index (χ0) is 14.8. The number of hydrogen-bond acceptors (Lipinski definition) is 3. The first-order valence-corrected chi connectivity index (χ1v) is 7.46. The van der Waals surface area contributed by atoms with E-state index >= 15 is 0 Å². The molecule has 1 N–H and O–H groups in total. The van der Waals surface area contributed by atoms with Crippen LogP contribution < -0.4 is 9.47 Å². The van der Waals surface area contributed by atoms with Crippen molar-refractivity contribution >= 4 is 21.9 Å². The number of halogens is 1. The first kappa shape index (κ1) is 15.2. The van der Waals surface area contributed by atoms with Gasteiger partial charge in [0.25, 0.3) is 0 Å². The third-order valence-corrected chi connectivity index (χ3v) is 3.92. The lowest BCUT2D eigenvalue weighted by Gasteiger charge is -2.19. The van der Waals surface area contributed by atoms with Crippen LogP contribution in [-0.2, 0) is 11.2 Å². The molecule has 1 heterocycles. The number of hydrogen-bond donors (Lipinski definition) is 1. The summed E-state index contributed by atoms with van der Waals surface area (Å²) in [7, 11) is 0. The molecule has 0 amide bonds. The Morgan fingerprint density at radius 1 is 1.30 bits per heavy atom. The van der Waals surface area contributed by atoms with Crippen LogP contribution in [0.2, 0.25) is 0 Å². The van der Waals surface area contributed by atoms with Gasteiger partial charge in [-0.25, -0.2) is 0 Å². The van der Waals surface area contributed by atoms with Crippen molar-refractivity contribution in [1.29, 1.82) is 0 Å². The van der Waals surface area contributed by atoms with E-state index in [1.807, 2.05) is 12.1 Å². The maximum absolute atomic E-state index is 10.6. The van der Waals surface area contributed by atoms with Gasteiger partial charge in [0.2, 0.25) is 0 Å². The second-order valence-electron chi connectivity index (χ2n) is 5.88. The zero-order valence-corrected chi connectivity index (χ0v) is 13.3. The van der Waals surface area contributed by atoms with E-state index in [1.54, 1.807) is 0 Å². The molecule has 110 valence electrons. The fraction of sp³-hybridized carbons (Fsp3) is 0.533. The number of ether oxygens (including phenoxy) is 2. The van der Waals surface area contributed by atoms with E-state index in [-0.39, 0.29) is 11.8 Å². The molecular weight excluding hydrogens is 324 g/mol. The largest absolute Gasteiger partial charge is 0.489 e. The van der Waals surface area contributed by atoms with Crippen LogP contribution in [-0.4, -0.2) is 24.3 Å². The Hall–Kier alpha value is -1.23. The summed E-state index contributed by atoms with van der Waals surface area (Å²) in [6.45, 7) is 5.42. The predicted octanol–water partition coefficient (Wildman–Crippen LogP) is 3.65. The molecule has 5 heteroatoms. The van der Waals surface area contributed by atoms with Gasteiger partial charge in [0, 0.05) is 16.3 Å². The normalized spacial score (nSPS) is 16.6. The monoisotopic (exact) mass is 342 g/mol. The molecule has 1 aromatic rings. The molecule has 1 aliphatic heterocycles. The van der Waals surface area contributed by atoms with Crippen LogP contribution in [0.5, 0.6) is 11.5 Å². The first-order chi connectivity index (χ1) is 9.37. The standard InChI is InChI=1S/C15H19BrO4/c1-15(2)8-19-12-6-10(4-3-5-14(17)18)11(16)7-13(12)20-9-15/h6-7H,3-5,8-9H2,1-2H3,(H,17,18). The van der Waals surface area contributed by atoms with Crippen molar-refractivity contribution in [2.75, 3.05) is 13.2 Å². The summed E-state index contributed by atoms with van der Waals surface area (Å²) in [6, 6.07) is 3.86. The molecule has 0 saturated carbocycles. The molecule has 4 nitrogen and oxygen atoms in total. The summed E-state index contributed by atoms with van der Waals surface area (Å²) in [5.74, 6) is 0.714. The van der Waals surface area contributed by atoms with E-state index in [2.05, 4.69) is 29.8 Å². The summed E-state index contributed by atoms with van der Waals surface area (Å²) in [5.41, 5.74) is 1.03. The minimum Gasteiger partial charge on any atom is -0.489 e. The average Bonchev–Trinajstić information content (AvgIpc) is 2.49. The molecule has 0 fully saturated rings. The second-order valence-corrected chi connectivity index (χ2v) is 6.73. The number of aryl methyl sites for hydroxylation is 1. The Balaban J connectivity index is 2.14. The molecule has 0 bridgehead atoms. The zero-order valence-electron chi connectivity index (χ0n) is 11.7. The molecule has 0 spiro atoms. The van der Waals surface area contributed by atoms with Gasteiger partial charge in [-0.2, -0.15) is 0 Å². The molecule has 0 aliphatic carbocycles. The highest BCUT2D eigenvalue weighted by Gasteiger charge is 2.25. The van der Waals surface area contributed by atoms with Crippen LogP contribution in [0, 0.1) is 5.41 Å². The number of fused-ring (bicyclic) bond motifs is 1. The van der Waals surface area contributed by atoms with Crippen molar-refractivity contribution < 1.29 is 19.4 Å². The maximum Gasteiger partial charge on any atom is 0.303 e. The lowest BCUT2D eigenvalue weighted by molar-refractivity contribution is -0.137. The summed E-state index contributed by atoms with van der Waals surface area (Å²) in [6.07, 6.45) is 1.49. The predicted molar refractivity (Wildman–Crippen MR) is 79.5 cm³/mol. The maximum atomic E-state index is 10.6. The van der Waals surface area contributed by atoms with Gasteiger partial charge in [-0.3, -0.25) is 4.79 Å². The van der Waals surface area contributed by atoms with Crippen molar-refractivity contribution in [3.63, 3.8) is 0 Å². The summed E-state index contributed by atoms with van der Waals surface area (Å²) >= 11 is 3.51. The van der Waals surface area contributed by atoms with E-state index in [1.165, 1.54) is 0 Å². The topological polar surface area (TPSA) is 55.8 Å². The Labute approximate surface area is 127 Å². The van der Waals surface area contributed by atoms with Crippen LogP contribution in [0.25, 0.3) is 0 Å². The molecule has 0 radical (unpaired) electrons. The van der Waals surface area contributed by atoms with Crippen molar-refractivity contribution in [1.82, 2.24) is 0 Å². The van der Waals surface area contributed by atoms with Gasteiger partial charge in [-0.05, 0) is 30.5 Å². The number of carboxylic acid groups (broad SMARTS) is 1. The van der Waals surface area contributed by atoms with Crippen molar-refractivity contribution in [3.8, 4) is 11.5 Å². The number of carbonyl (C=O) groups is 1. The minimum atomic E-state index is -0.766. The van der Waals surface area contributed by atoms with Crippen LogP contribution >= 0.6 is 15.9 Å². The summed E-state index contributed by atoms with van der Waals surface area (Å²) in [4.78, 5) is 10.6. The van der Waals surface area contributed by atoms with Crippen LogP contribution in [0.15, 0.2) is 16.6 Å². The van der Waals surface area contributed by atoms with E-state index < -0.39 is 5.97 Å². The highest BCUT2D eigenvalue weighted by atomic mass is 79.9. The van der Waals surface area contributed by atoms with Crippen molar-refractivity contribution in [2.24, 2.45) is 5.41 Å². The van der Waals surface area contributed by atoms with Crippen molar-refractivity contribution in [3.05, 3.63) is 22.2 Å². The molecule has 0 atom stereocenters. The Morgan fingerprint density at radius 2 is 1.90 bits per heavy atom. The number of benzene rings is 1. The third-order valence-electron chi connectivity index (χ3n) is 3.19. The first-order valence-electron chi connectivity index (χ1n) is 6.67. The van der Waals surface area contributed by atoms with Crippen LogP contribution in [0.1, 0.15) is 32.3 Å². The molecule has 1 aliphatic rings. The Morgan fingerprint density at radius 3 is 2.50 bits per heavy atom. The smallest absolute Gasteiger partial charge is 0.303 e. The fourth-order valence-electron chi connectivity index (χ4n) is 2.01. The third kappa shape index (κ3) is 3.88. The van der Waals surface area contributed by atoms with Gasteiger partial charge in [0.05, 0.1) is 13.2 Å². The van der Waals surface area contributed by atoms with Gasteiger partial charge < -0.3 is 14.6 Å². The molecule has 0 saturated heterocycles. The van der Waals surface area contributed by atoms with Gasteiger partial charge in [-0.15, -0.1) is 0 Å². The molecule has 2 rings (SSSR count). The Kier molecular flexibility index (Phi) is 4.58. The molecule has 0 unspecified atom stereocenters. The number of rotatable bonds is 4. The molecular formula is C15H19BrO4. The number of aliphatic carboxylic acids is 1. The van der Waals surface area contributed by atoms with E-state index in [9.17, 15) is 4.79 Å². The highest BCUT2D eigenvalue weighted by Crippen LogP contribution is 2.38. The SMILES string of the molecule is CC1(C)COc2cc(Br)c(CCCC(=O)O)cc2OC1. The fourth-order valence-corrected chi connectivity index (χ4v) is 2.53. The van der Waals surface area contributed by atoms with Gasteiger partial charge in [-0.1, -0.05) is 29.8 Å². The average molecular weight is 343 g/mol. The van der Waals surface area contributed by atoms with Gasteiger partial charge in [0.1, 0.15) is 0 Å². The minimum absolute atomic E-state index is 0.0189. The Bertz CT molecular complexity index is 511. The second kappa shape index (κ2) is 6.04. The summed E-state index contributed by atoms with van der Waals surface area (Å²) in [5, 5.41) is 8.69. The summed E-state index contributed by atoms with van der Waals surface area (Å²) < 4.78 is 12.6. The van der Waals surface area contributed by atoms with Crippen molar-refractivity contribution in [2.45, 2.75) is 33.1 Å². The quantitative estimate of drug-likeness (QED) is 0.907. The van der Waals surface area contributed by atoms with Gasteiger partial charge in [0.15, 0.2) is 11.5 Å². The molecule has 0 aromatic heterocycles. The lowest BCUT2D eigenvalue weighted by atomic mass is 9.97.